The fourth-order valence-corrected chi connectivity index (χ4v) is 2.96. The highest BCUT2D eigenvalue weighted by Crippen LogP contribution is 2.30. The Balaban J connectivity index is 3.22. The number of carboxylic acids is 1. The van der Waals surface area contributed by atoms with E-state index in [0.29, 0.717) is 0 Å². The zero-order valence-electron chi connectivity index (χ0n) is 16.1. The molecule has 0 aromatic carbocycles. The zero-order valence-corrected chi connectivity index (χ0v) is 16.1. The highest BCUT2D eigenvalue weighted by Gasteiger charge is 2.54. The Hall–Kier alpha value is -1.83. The predicted octanol–water partition coefficient (Wildman–Crippen LogP) is -3.06. The van der Waals surface area contributed by atoms with Crippen LogP contribution in [-0.2, 0) is 28.6 Å². The molecular formula is C16H28N2O10. The lowest BCUT2D eigenvalue weighted by atomic mass is 9.87. The second-order valence-corrected chi connectivity index (χ2v) is 6.62. The third-order valence-corrected chi connectivity index (χ3v) is 4.37. The lowest BCUT2D eigenvalue weighted by Gasteiger charge is -2.46. The molecule has 1 aliphatic heterocycles. The molecule has 7 atom stereocenters. The van der Waals surface area contributed by atoms with Crippen LogP contribution in [0.1, 0.15) is 20.3 Å². The number of hydrogen-bond acceptors (Lipinski definition) is 9. The Morgan fingerprint density at radius 2 is 1.93 bits per heavy atom. The van der Waals surface area contributed by atoms with Crippen molar-refractivity contribution in [3.8, 4) is 0 Å². The van der Waals surface area contributed by atoms with E-state index in [-0.39, 0.29) is 6.61 Å². The maximum absolute atomic E-state index is 12.4. The van der Waals surface area contributed by atoms with Gasteiger partial charge in [0.15, 0.2) is 6.10 Å². The summed E-state index contributed by atoms with van der Waals surface area (Å²) in [5.74, 6) is -5.81. The molecule has 1 fully saturated rings. The molecule has 12 nitrogen and oxygen atoms in total. The zero-order chi connectivity index (χ0) is 21.6. The number of carboxylic acid groups (broad SMARTS) is 1. The van der Waals surface area contributed by atoms with Crippen LogP contribution < -0.4 is 10.6 Å². The van der Waals surface area contributed by atoms with Crippen molar-refractivity contribution in [2.45, 2.75) is 62.6 Å². The largest absolute Gasteiger partial charge is 0.477 e. The second kappa shape index (κ2) is 10.1. The molecule has 1 rings (SSSR count). The Labute approximate surface area is 161 Å². The molecule has 0 aromatic rings. The maximum atomic E-state index is 12.4. The highest BCUT2D eigenvalue weighted by atomic mass is 16.7. The monoisotopic (exact) mass is 408 g/mol. The third-order valence-electron chi connectivity index (χ3n) is 4.37. The molecule has 0 bridgehead atoms. The number of aliphatic carboxylic acids is 1. The van der Waals surface area contributed by atoms with Crippen molar-refractivity contribution in [2.24, 2.45) is 0 Å². The summed E-state index contributed by atoms with van der Waals surface area (Å²) in [6, 6.07) is -2.51. The average molecular weight is 408 g/mol. The van der Waals surface area contributed by atoms with Crippen molar-refractivity contribution in [1.29, 1.82) is 0 Å². The minimum absolute atomic E-state index is 0.0960. The number of ether oxygens (including phenoxy) is 3. The van der Waals surface area contributed by atoms with Gasteiger partial charge in [0.1, 0.15) is 6.10 Å². The van der Waals surface area contributed by atoms with E-state index in [0.717, 1.165) is 6.92 Å². The summed E-state index contributed by atoms with van der Waals surface area (Å²) < 4.78 is 15.1. The van der Waals surface area contributed by atoms with E-state index in [2.05, 4.69) is 10.6 Å². The van der Waals surface area contributed by atoms with E-state index < -0.39 is 66.5 Å². The summed E-state index contributed by atoms with van der Waals surface area (Å²) in [6.07, 6.45) is -6.10. The standard InChI is InChI=1S/C16H28N2O10/c1-7(19)11(17-8(2)20)13-12(18-14(22)10(27-4)6-26-3)9(21)5-16(25,28-13)15(23)24/h7,9-13,19,21,25H,5-6H2,1-4H3,(H,17,20)(H,18,22)(H,23,24)/t7-,9-,10?,11-,12-,13-,16-/m0/s1. The van der Waals surface area contributed by atoms with Gasteiger partial charge in [0, 0.05) is 27.6 Å². The minimum atomic E-state index is -2.77. The Morgan fingerprint density at radius 1 is 1.32 bits per heavy atom. The lowest BCUT2D eigenvalue weighted by Crippen LogP contribution is -2.70. The number of carbonyl (C=O) groups is 3. The topological polar surface area (TPSA) is 184 Å². The van der Waals surface area contributed by atoms with Crippen LogP contribution in [0.5, 0.6) is 0 Å². The molecule has 1 heterocycles. The van der Waals surface area contributed by atoms with Gasteiger partial charge >= 0.3 is 5.97 Å². The molecule has 0 radical (unpaired) electrons. The van der Waals surface area contributed by atoms with E-state index >= 15 is 0 Å². The van der Waals surface area contributed by atoms with E-state index in [9.17, 15) is 34.8 Å². The highest BCUT2D eigenvalue weighted by molar-refractivity contribution is 5.81. The molecule has 1 aliphatic rings. The number of methoxy groups -OCH3 is 2. The van der Waals surface area contributed by atoms with Gasteiger partial charge in [-0.25, -0.2) is 4.79 Å². The Morgan fingerprint density at radius 3 is 2.36 bits per heavy atom. The number of hydrogen-bond donors (Lipinski definition) is 6. The van der Waals surface area contributed by atoms with E-state index in [1.807, 2.05) is 0 Å². The van der Waals surface area contributed by atoms with E-state index in [4.69, 9.17) is 14.2 Å². The molecule has 162 valence electrons. The quantitative estimate of drug-likeness (QED) is 0.229. The van der Waals surface area contributed by atoms with Crippen LogP contribution in [-0.4, -0.2) is 101 Å². The van der Waals surface area contributed by atoms with Crippen LogP contribution in [0.4, 0.5) is 0 Å². The van der Waals surface area contributed by atoms with Crippen LogP contribution in [0.3, 0.4) is 0 Å². The van der Waals surface area contributed by atoms with Crippen LogP contribution in [0, 0.1) is 0 Å². The van der Waals surface area contributed by atoms with Crippen molar-refractivity contribution in [3.05, 3.63) is 0 Å². The van der Waals surface area contributed by atoms with E-state index in [1.54, 1.807) is 0 Å². The van der Waals surface area contributed by atoms with Gasteiger partial charge in [-0.05, 0) is 6.92 Å². The average Bonchev–Trinajstić information content (AvgIpc) is 2.59. The molecule has 0 aromatic heterocycles. The normalized spacial score (nSPS) is 30.8. The molecule has 1 unspecified atom stereocenters. The number of aliphatic hydroxyl groups is 3. The number of amides is 2. The van der Waals surface area contributed by atoms with Gasteiger partial charge in [0.05, 0.1) is 30.9 Å². The van der Waals surface area contributed by atoms with Gasteiger partial charge in [0.2, 0.25) is 5.91 Å². The number of rotatable bonds is 9. The molecule has 12 heteroatoms. The van der Waals surface area contributed by atoms with Crippen molar-refractivity contribution < 1.29 is 49.0 Å². The molecular weight excluding hydrogens is 380 g/mol. The summed E-state index contributed by atoms with van der Waals surface area (Å²) in [5, 5.41) is 44.8. The smallest absolute Gasteiger partial charge is 0.364 e. The summed E-state index contributed by atoms with van der Waals surface area (Å²) in [4.78, 5) is 35.3. The van der Waals surface area contributed by atoms with Gasteiger partial charge < -0.3 is 45.3 Å². The maximum Gasteiger partial charge on any atom is 0.364 e. The summed E-state index contributed by atoms with van der Waals surface area (Å²) in [5.41, 5.74) is 0. The fourth-order valence-electron chi connectivity index (χ4n) is 2.96. The number of aliphatic hydroxyl groups excluding tert-OH is 2. The molecule has 6 N–H and O–H groups in total. The number of nitrogens with one attached hydrogen (secondary N) is 2. The van der Waals surface area contributed by atoms with Gasteiger partial charge in [-0.3, -0.25) is 9.59 Å². The van der Waals surface area contributed by atoms with Crippen LogP contribution in [0.25, 0.3) is 0 Å². The SMILES string of the molecule is COCC(OC)C(=O)N[C@@H]1[C@H]([C@@H](NC(C)=O)[C@H](C)O)O[C@](O)(C(=O)O)C[C@@H]1O. The van der Waals surface area contributed by atoms with Gasteiger partial charge in [0.25, 0.3) is 11.7 Å². The Kier molecular flexibility index (Phi) is 8.73. The minimum Gasteiger partial charge on any atom is -0.477 e. The van der Waals surface area contributed by atoms with Crippen LogP contribution >= 0.6 is 0 Å². The van der Waals surface area contributed by atoms with Crippen molar-refractivity contribution in [2.75, 3.05) is 20.8 Å². The predicted molar refractivity (Wildman–Crippen MR) is 92.0 cm³/mol. The first-order valence-electron chi connectivity index (χ1n) is 8.55. The number of carbonyl (C=O) groups excluding carboxylic acids is 2. The molecule has 2 amide bonds. The van der Waals surface area contributed by atoms with Gasteiger partial charge in [-0.2, -0.15) is 0 Å². The summed E-state index contributed by atoms with van der Waals surface area (Å²) >= 11 is 0. The summed E-state index contributed by atoms with van der Waals surface area (Å²) in [6.45, 7) is 2.36. The molecule has 0 saturated carbocycles. The second-order valence-electron chi connectivity index (χ2n) is 6.62. The van der Waals surface area contributed by atoms with Crippen LogP contribution in [0.2, 0.25) is 0 Å². The fraction of sp³-hybridized carbons (Fsp3) is 0.812. The third kappa shape index (κ3) is 5.83. The molecule has 28 heavy (non-hydrogen) atoms. The van der Waals surface area contributed by atoms with Crippen molar-refractivity contribution in [1.82, 2.24) is 10.6 Å². The first kappa shape index (κ1) is 24.2. The Bertz CT molecular complexity index is 572. The van der Waals surface area contributed by atoms with Crippen LogP contribution in [0.15, 0.2) is 0 Å². The van der Waals surface area contributed by atoms with Crippen molar-refractivity contribution in [3.63, 3.8) is 0 Å². The van der Waals surface area contributed by atoms with E-state index in [1.165, 1.54) is 21.1 Å². The summed E-state index contributed by atoms with van der Waals surface area (Å²) in [7, 11) is 2.63. The molecule has 0 spiro atoms. The van der Waals surface area contributed by atoms with Gasteiger partial charge in [-0.15, -0.1) is 0 Å². The molecule has 1 saturated heterocycles. The lowest BCUT2D eigenvalue weighted by molar-refractivity contribution is -0.283. The van der Waals surface area contributed by atoms with Crippen molar-refractivity contribution >= 4 is 17.8 Å². The molecule has 0 aliphatic carbocycles. The van der Waals surface area contributed by atoms with Gasteiger partial charge in [-0.1, -0.05) is 0 Å². The first-order chi connectivity index (χ1) is 13.0. The first-order valence-corrected chi connectivity index (χ1v) is 8.55.